The van der Waals surface area contributed by atoms with E-state index in [-0.39, 0.29) is 11.4 Å². The largest absolute Gasteiger partial charge is 0.463 e. The third-order valence-electron chi connectivity index (χ3n) is 3.86. The molecule has 138 valence electrons. The minimum Gasteiger partial charge on any atom is -0.463 e. The number of anilines is 1. The number of nitrogen functional groups attached to an aromatic ring is 1. The molecule has 3 aromatic rings. The zero-order valence-corrected chi connectivity index (χ0v) is 13.8. The van der Waals surface area contributed by atoms with Gasteiger partial charge in [-0.15, -0.1) is 0 Å². The van der Waals surface area contributed by atoms with Crippen LogP contribution in [-0.4, -0.2) is 15.7 Å². The normalized spacial score (nSPS) is 11.3. The Labute approximate surface area is 151 Å². The molecule has 3 heterocycles. The average Bonchev–Trinajstić information content (AvgIpc) is 3.14. The van der Waals surface area contributed by atoms with E-state index in [2.05, 4.69) is 4.98 Å². The van der Waals surface area contributed by atoms with Crippen molar-refractivity contribution in [2.75, 3.05) is 5.73 Å². The van der Waals surface area contributed by atoms with E-state index in [9.17, 15) is 23.2 Å². The Morgan fingerprint density at radius 2 is 2.07 bits per heavy atom. The first-order valence-corrected chi connectivity index (χ1v) is 7.80. The summed E-state index contributed by atoms with van der Waals surface area (Å²) in [7, 11) is 0. The lowest BCUT2D eigenvalue weighted by atomic mass is 10.0. The second-order valence-electron chi connectivity index (χ2n) is 5.72. The molecule has 9 heteroatoms. The lowest BCUT2D eigenvalue weighted by Gasteiger charge is -2.13. The van der Waals surface area contributed by atoms with Crippen LogP contribution >= 0.6 is 0 Å². The summed E-state index contributed by atoms with van der Waals surface area (Å²) >= 11 is 0. The zero-order chi connectivity index (χ0) is 19.6. The maximum atomic E-state index is 12.5. The second-order valence-corrected chi connectivity index (χ2v) is 5.72. The van der Waals surface area contributed by atoms with Crippen LogP contribution in [0.3, 0.4) is 0 Å². The minimum atomic E-state index is -4.38. The van der Waals surface area contributed by atoms with Crippen LogP contribution in [0.1, 0.15) is 12.0 Å². The van der Waals surface area contributed by atoms with Gasteiger partial charge in [-0.2, -0.15) is 18.4 Å². The van der Waals surface area contributed by atoms with Gasteiger partial charge in [0.15, 0.2) is 5.76 Å². The van der Waals surface area contributed by atoms with Crippen LogP contribution in [0.5, 0.6) is 0 Å². The molecule has 0 atom stereocenters. The summed E-state index contributed by atoms with van der Waals surface area (Å²) in [5.74, 6) is 0.368. The molecule has 6 nitrogen and oxygen atoms in total. The monoisotopic (exact) mass is 374 g/mol. The highest BCUT2D eigenvalue weighted by molar-refractivity contribution is 5.81. The first-order valence-electron chi connectivity index (χ1n) is 7.80. The summed E-state index contributed by atoms with van der Waals surface area (Å²) in [6.07, 6.45) is -2.79. The van der Waals surface area contributed by atoms with Gasteiger partial charge in [-0.25, -0.2) is 4.98 Å². The third-order valence-corrected chi connectivity index (χ3v) is 3.86. The van der Waals surface area contributed by atoms with Crippen molar-refractivity contribution in [1.82, 2.24) is 9.55 Å². The molecule has 0 aliphatic rings. The average molecular weight is 374 g/mol. The molecule has 0 bridgehead atoms. The van der Waals surface area contributed by atoms with Crippen LogP contribution in [0.15, 0.2) is 52.0 Å². The summed E-state index contributed by atoms with van der Waals surface area (Å²) in [6, 6.07) is 9.27. The predicted octanol–water partition coefficient (Wildman–Crippen LogP) is 3.58. The summed E-state index contributed by atoms with van der Waals surface area (Å²) in [6.45, 7) is -0.514. The van der Waals surface area contributed by atoms with Gasteiger partial charge >= 0.3 is 6.18 Å². The van der Waals surface area contributed by atoms with Gasteiger partial charge in [-0.1, -0.05) is 0 Å². The van der Waals surface area contributed by atoms with E-state index in [4.69, 9.17) is 10.2 Å². The predicted molar refractivity (Wildman–Crippen MR) is 91.4 cm³/mol. The van der Waals surface area contributed by atoms with Crippen molar-refractivity contribution in [3.8, 4) is 28.7 Å². The molecular weight excluding hydrogens is 361 g/mol. The fraction of sp³-hybridized carbons (Fsp3) is 0.167. The van der Waals surface area contributed by atoms with Gasteiger partial charge in [0.2, 0.25) is 0 Å². The van der Waals surface area contributed by atoms with Crippen LogP contribution in [0.2, 0.25) is 0 Å². The number of rotatable bonds is 4. The summed E-state index contributed by atoms with van der Waals surface area (Å²) in [5, 5.41) is 9.21. The van der Waals surface area contributed by atoms with Gasteiger partial charge in [-0.3, -0.25) is 4.79 Å². The molecule has 0 aromatic carbocycles. The van der Waals surface area contributed by atoms with Crippen molar-refractivity contribution in [2.45, 2.75) is 19.1 Å². The number of aryl methyl sites for hydroxylation is 1. The Morgan fingerprint density at radius 3 is 2.70 bits per heavy atom. The smallest absolute Gasteiger partial charge is 0.390 e. The van der Waals surface area contributed by atoms with Gasteiger partial charge in [0.05, 0.1) is 18.2 Å². The quantitative estimate of drug-likeness (QED) is 0.753. The van der Waals surface area contributed by atoms with Crippen molar-refractivity contribution >= 4 is 5.82 Å². The van der Waals surface area contributed by atoms with Crippen molar-refractivity contribution in [1.29, 1.82) is 5.26 Å². The van der Waals surface area contributed by atoms with Gasteiger partial charge in [-0.05, 0) is 24.3 Å². The summed E-state index contributed by atoms with van der Waals surface area (Å²) in [4.78, 5) is 16.1. The van der Waals surface area contributed by atoms with E-state index in [0.717, 1.165) is 4.57 Å². The molecule has 0 spiro atoms. The van der Waals surface area contributed by atoms with Gasteiger partial charge < -0.3 is 14.7 Å². The lowest BCUT2D eigenvalue weighted by molar-refractivity contribution is -0.136. The Morgan fingerprint density at radius 1 is 1.30 bits per heavy atom. The molecule has 0 aliphatic heterocycles. The van der Waals surface area contributed by atoms with Gasteiger partial charge in [0.1, 0.15) is 17.6 Å². The molecule has 0 amide bonds. The molecule has 0 fully saturated rings. The number of halogens is 3. The number of hydrogen-bond acceptors (Lipinski definition) is 5. The number of pyridine rings is 2. The summed E-state index contributed by atoms with van der Waals surface area (Å²) in [5.41, 5.74) is 6.46. The number of nitrogens with zero attached hydrogens (tertiary/aromatic N) is 3. The molecular formula is C18H13F3N4O2. The topological polar surface area (TPSA) is 97.8 Å². The van der Waals surface area contributed by atoms with Crippen LogP contribution in [-0.2, 0) is 6.54 Å². The van der Waals surface area contributed by atoms with Gasteiger partial charge in [0.25, 0.3) is 5.56 Å². The Kier molecular flexibility index (Phi) is 4.73. The Balaban J connectivity index is 2.13. The Hall–Kier alpha value is -3.54. The second kappa shape index (κ2) is 6.99. The third kappa shape index (κ3) is 4.00. The minimum absolute atomic E-state index is 0.00181. The highest BCUT2D eigenvalue weighted by Gasteiger charge is 2.27. The van der Waals surface area contributed by atoms with E-state index in [1.807, 2.05) is 6.07 Å². The number of furan rings is 1. The number of hydrogen-bond donors (Lipinski definition) is 1. The molecule has 2 N–H and O–H groups in total. The number of nitriles is 1. The van der Waals surface area contributed by atoms with Gasteiger partial charge in [0, 0.05) is 29.9 Å². The molecule has 27 heavy (non-hydrogen) atoms. The Bertz CT molecular complexity index is 1060. The van der Waals surface area contributed by atoms with E-state index >= 15 is 0 Å². The molecule has 3 rings (SSSR count). The van der Waals surface area contributed by atoms with Crippen molar-refractivity contribution in [2.24, 2.45) is 0 Å². The van der Waals surface area contributed by atoms with E-state index in [1.54, 1.807) is 12.1 Å². The molecule has 0 saturated heterocycles. The number of nitrogens with two attached hydrogens (primary N) is 1. The fourth-order valence-corrected chi connectivity index (χ4v) is 2.55. The van der Waals surface area contributed by atoms with Crippen LogP contribution in [0.4, 0.5) is 19.0 Å². The fourth-order valence-electron chi connectivity index (χ4n) is 2.55. The van der Waals surface area contributed by atoms with E-state index < -0.39 is 24.7 Å². The van der Waals surface area contributed by atoms with Crippen molar-refractivity contribution < 1.29 is 17.6 Å². The maximum absolute atomic E-state index is 12.5. The van der Waals surface area contributed by atoms with E-state index in [0.29, 0.717) is 22.6 Å². The van der Waals surface area contributed by atoms with E-state index in [1.165, 1.54) is 30.7 Å². The molecule has 0 saturated carbocycles. The maximum Gasteiger partial charge on any atom is 0.390 e. The first kappa shape index (κ1) is 18.3. The van der Waals surface area contributed by atoms with Crippen molar-refractivity contribution in [3.05, 3.63) is 58.7 Å². The highest BCUT2D eigenvalue weighted by Crippen LogP contribution is 2.33. The number of aromatic nitrogens is 2. The van der Waals surface area contributed by atoms with Crippen LogP contribution in [0, 0.1) is 11.3 Å². The SMILES string of the molecule is N#Cc1cc(-c2ccc(=O)n(CCC(F)(F)F)c2)c(-c2ccco2)nc1N. The number of alkyl halides is 3. The van der Waals surface area contributed by atoms with Crippen LogP contribution in [0.25, 0.3) is 22.6 Å². The van der Waals surface area contributed by atoms with Crippen molar-refractivity contribution in [3.63, 3.8) is 0 Å². The molecule has 3 aromatic heterocycles. The molecule has 0 unspecified atom stereocenters. The lowest BCUT2D eigenvalue weighted by Crippen LogP contribution is -2.22. The standard InChI is InChI=1S/C18H13F3N4O2/c19-18(20,21)5-6-25-10-11(3-4-15(25)26)13-8-12(9-22)17(23)24-16(13)14-2-1-7-27-14/h1-4,7-8,10H,5-6H2,(H2,23,24). The first-order chi connectivity index (χ1) is 12.8. The molecule has 0 aliphatic carbocycles. The zero-order valence-electron chi connectivity index (χ0n) is 13.8. The summed E-state index contributed by atoms with van der Waals surface area (Å²) < 4.78 is 43.8. The van der Waals surface area contributed by atoms with Crippen LogP contribution < -0.4 is 11.3 Å². The molecule has 0 radical (unpaired) electrons. The highest BCUT2D eigenvalue weighted by atomic mass is 19.4.